The van der Waals surface area contributed by atoms with Crippen LogP contribution < -0.4 is 0 Å². The number of hydroxylamine groups is 2. The van der Waals surface area contributed by atoms with Gasteiger partial charge in [-0.1, -0.05) is 24.1 Å². The van der Waals surface area contributed by atoms with E-state index in [2.05, 4.69) is 0 Å². The van der Waals surface area contributed by atoms with Gasteiger partial charge in [0.1, 0.15) is 17.1 Å². The fourth-order valence-corrected chi connectivity index (χ4v) is 2.50. The molecule has 0 spiro atoms. The van der Waals surface area contributed by atoms with Gasteiger partial charge in [0.05, 0.1) is 11.1 Å². The number of benzene rings is 1. The number of amides is 2. The molecule has 2 amide bonds. The fraction of sp³-hybridized carbons (Fsp3) is 0.235. The van der Waals surface area contributed by atoms with Gasteiger partial charge in [0.15, 0.2) is 0 Å². The van der Waals surface area contributed by atoms with Crippen LogP contribution >= 0.6 is 0 Å². The van der Waals surface area contributed by atoms with Crippen molar-refractivity contribution in [2.24, 2.45) is 0 Å². The first-order valence-corrected chi connectivity index (χ1v) is 7.32. The number of hydrogen-bond donors (Lipinski definition) is 0. The van der Waals surface area contributed by atoms with E-state index in [1.165, 1.54) is 12.1 Å². The minimum Gasteiger partial charge on any atom is -0.465 e. The fourth-order valence-electron chi connectivity index (χ4n) is 2.50. The molecule has 0 fully saturated rings. The normalized spacial score (nSPS) is 13.4. The highest BCUT2D eigenvalue weighted by molar-refractivity contribution is 6.21. The molecule has 0 radical (unpaired) electrons. The number of furan rings is 1. The van der Waals surface area contributed by atoms with Gasteiger partial charge >= 0.3 is 5.97 Å². The maximum Gasteiger partial charge on any atom is 0.367 e. The highest BCUT2D eigenvalue weighted by atomic mass is 16.7. The number of rotatable bonds is 4. The first-order chi connectivity index (χ1) is 11.0. The van der Waals surface area contributed by atoms with Crippen LogP contribution in [0.4, 0.5) is 0 Å². The summed E-state index contributed by atoms with van der Waals surface area (Å²) in [5, 5.41) is 0.499. The predicted molar refractivity (Wildman–Crippen MR) is 79.8 cm³/mol. The van der Waals surface area contributed by atoms with Crippen molar-refractivity contribution in [2.45, 2.75) is 26.7 Å². The molecule has 3 rings (SSSR count). The summed E-state index contributed by atoms with van der Waals surface area (Å²) >= 11 is 0. The molecular weight excluding hydrogens is 298 g/mol. The van der Waals surface area contributed by atoms with E-state index < -0.39 is 17.8 Å². The lowest BCUT2D eigenvalue weighted by Gasteiger charge is -2.12. The Hall–Kier alpha value is -2.89. The third-order valence-corrected chi connectivity index (χ3v) is 3.62. The number of carbonyl (C=O) groups excluding carboxylic acids is 3. The summed E-state index contributed by atoms with van der Waals surface area (Å²) in [5.74, 6) is -1.01. The van der Waals surface area contributed by atoms with Crippen molar-refractivity contribution in [3.05, 3.63) is 58.5 Å². The van der Waals surface area contributed by atoms with Gasteiger partial charge in [-0.05, 0) is 31.5 Å². The Morgan fingerprint density at radius 3 is 2.35 bits per heavy atom. The number of nitrogens with zero attached hydrogens (tertiary/aromatic N) is 1. The molecule has 0 unspecified atom stereocenters. The van der Waals surface area contributed by atoms with Gasteiger partial charge in [-0.2, -0.15) is 0 Å². The van der Waals surface area contributed by atoms with Gasteiger partial charge in [0, 0.05) is 6.42 Å². The summed E-state index contributed by atoms with van der Waals surface area (Å²) < 4.78 is 5.47. The van der Waals surface area contributed by atoms with Crippen LogP contribution in [-0.2, 0) is 11.3 Å². The van der Waals surface area contributed by atoms with E-state index in [9.17, 15) is 14.4 Å². The maximum absolute atomic E-state index is 12.3. The Kier molecular flexibility index (Phi) is 3.73. The predicted octanol–water partition coefficient (Wildman–Crippen LogP) is 2.91. The number of aryl methyl sites for hydroxylation is 2. The average Bonchev–Trinajstić information content (AvgIpc) is 3.02. The Balaban J connectivity index is 1.82. The maximum atomic E-state index is 12.3. The number of carbonyl (C=O) groups is 3. The molecule has 1 aromatic heterocycles. The molecule has 0 bridgehead atoms. The molecule has 0 N–H and O–H groups in total. The standard InChI is InChI=1S/C17H15NO5/c1-3-6-11-9-14(10(2)22-11)17(21)23-18-15(19)12-7-4-5-8-13(12)16(18)20/h4-5,7-9H,3,6H2,1-2H3. The van der Waals surface area contributed by atoms with Gasteiger partial charge in [0.25, 0.3) is 11.8 Å². The number of fused-ring (bicyclic) bond motifs is 1. The van der Waals surface area contributed by atoms with E-state index in [4.69, 9.17) is 9.25 Å². The second-order valence-corrected chi connectivity index (χ2v) is 5.26. The zero-order valence-corrected chi connectivity index (χ0v) is 12.8. The third-order valence-electron chi connectivity index (χ3n) is 3.62. The summed E-state index contributed by atoms with van der Waals surface area (Å²) in [4.78, 5) is 41.6. The van der Waals surface area contributed by atoms with Gasteiger partial charge in [-0.3, -0.25) is 9.59 Å². The Morgan fingerprint density at radius 1 is 1.17 bits per heavy atom. The molecule has 0 atom stereocenters. The Bertz CT molecular complexity index is 770. The van der Waals surface area contributed by atoms with Crippen molar-refractivity contribution in [3.8, 4) is 0 Å². The largest absolute Gasteiger partial charge is 0.465 e. The Labute approximate surface area is 132 Å². The zero-order valence-electron chi connectivity index (χ0n) is 12.8. The second-order valence-electron chi connectivity index (χ2n) is 5.26. The van der Waals surface area contributed by atoms with Crippen LogP contribution in [0.5, 0.6) is 0 Å². The van der Waals surface area contributed by atoms with E-state index in [0.717, 1.165) is 6.42 Å². The summed E-state index contributed by atoms with van der Waals surface area (Å²) in [6, 6.07) is 7.91. The minimum absolute atomic E-state index is 0.213. The first kappa shape index (κ1) is 15.0. The highest BCUT2D eigenvalue weighted by Gasteiger charge is 2.39. The van der Waals surface area contributed by atoms with Gasteiger partial charge in [0.2, 0.25) is 0 Å². The number of hydrogen-bond acceptors (Lipinski definition) is 5. The average molecular weight is 313 g/mol. The van der Waals surface area contributed by atoms with Gasteiger partial charge in [-0.25, -0.2) is 4.79 Å². The molecule has 2 aromatic rings. The SMILES string of the molecule is CCCc1cc(C(=O)ON2C(=O)c3ccccc3C2=O)c(C)o1. The van der Waals surface area contributed by atoms with Gasteiger partial charge < -0.3 is 9.25 Å². The molecule has 1 aromatic carbocycles. The summed E-state index contributed by atoms with van der Waals surface area (Å²) in [6.45, 7) is 3.63. The van der Waals surface area contributed by atoms with E-state index in [0.29, 0.717) is 23.0 Å². The van der Waals surface area contributed by atoms with Crippen LogP contribution in [0.2, 0.25) is 0 Å². The molecule has 2 heterocycles. The molecule has 6 heteroatoms. The van der Waals surface area contributed by atoms with Crippen molar-refractivity contribution in [3.63, 3.8) is 0 Å². The van der Waals surface area contributed by atoms with Crippen molar-refractivity contribution in [1.82, 2.24) is 5.06 Å². The lowest BCUT2D eigenvalue weighted by Crippen LogP contribution is -2.32. The summed E-state index contributed by atoms with van der Waals surface area (Å²) in [5.41, 5.74) is 0.659. The van der Waals surface area contributed by atoms with E-state index in [1.54, 1.807) is 25.1 Å². The molecular formula is C17H15NO5. The van der Waals surface area contributed by atoms with Gasteiger partial charge in [-0.15, -0.1) is 0 Å². The van der Waals surface area contributed by atoms with Crippen LogP contribution in [0.15, 0.2) is 34.7 Å². The lowest BCUT2D eigenvalue weighted by molar-refractivity contribution is -0.0585. The lowest BCUT2D eigenvalue weighted by atomic mass is 10.1. The first-order valence-electron chi connectivity index (χ1n) is 7.32. The molecule has 118 valence electrons. The smallest absolute Gasteiger partial charge is 0.367 e. The molecule has 1 aliphatic heterocycles. The topological polar surface area (TPSA) is 76.8 Å². The van der Waals surface area contributed by atoms with Crippen LogP contribution in [-0.4, -0.2) is 22.8 Å². The Morgan fingerprint density at radius 2 is 1.78 bits per heavy atom. The van der Waals surface area contributed by atoms with Crippen LogP contribution in [0.25, 0.3) is 0 Å². The van der Waals surface area contributed by atoms with E-state index in [1.807, 2.05) is 6.92 Å². The second kappa shape index (κ2) is 5.72. The zero-order chi connectivity index (χ0) is 16.6. The molecule has 0 saturated heterocycles. The third kappa shape index (κ3) is 2.52. The highest BCUT2D eigenvalue weighted by Crippen LogP contribution is 2.24. The molecule has 6 nitrogen and oxygen atoms in total. The van der Waals surface area contributed by atoms with E-state index in [-0.39, 0.29) is 16.7 Å². The van der Waals surface area contributed by atoms with E-state index >= 15 is 0 Å². The molecule has 0 aliphatic carbocycles. The van der Waals surface area contributed by atoms with Crippen LogP contribution in [0.3, 0.4) is 0 Å². The minimum atomic E-state index is -0.789. The molecule has 1 aliphatic rings. The van der Waals surface area contributed by atoms with Crippen molar-refractivity contribution < 1.29 is 23.6 Å². The quantitative estimate of drug-likeness (QED) is 0.811. The molecule has 23 heavy (non-hydrogen) atoms. The van der Waals surface area contributed by atoms with Crippen LogP contribution in [0, 0.1) is 6.92 Å². The van der Waals surface area contributed by atoms with Crippen LogP contribution in [0.1, 0.15) is 55.9 Å². The van der Waals surface area contributed by atoms with Crippen molar-refractivity contribution in [2.75, 3.05) is 0 Å². The summed E-state index contributed by atoms with van der Waals surface area (Å²) in [7, 11) is 0. The van der Waals surface area contributed by atoms with Crippen molar-refractivity contribution >= 4 is 17.8 Å². The summed E-state index contributed by atoms with van der Waals surface area (Å²) in [6.07, 6.45) is 1.57. The number of imide groups is 1. The monoisotopic (exact) mass is 313 g/mol. The molecule has 0 saturated carbocycles. The van der Waals surface area contributed by atoms with Crippen molar-refractivity contribution in [1.29, 1.82) is 0 Å².